The molecule has 1 aliphatic heterocycles. The summed E-state index contributed by atoms with van der Waals surface area (Å²) in [6, 6.07) is 15.5. The summed E-state index contributed by atoms with van der Waals surface area (Å²) in [4.78, 5) is 17.4. The zero-order valence-corrected chi connectivity index (χ0v) is 20.7. The van der Waals surface area contributed by atoms with Crippen LogP contribution in [0.1, 0.15) is 39.5 Å². The summed E-state index contributed by atoms with van der Waals surface area (Å²) in [5, 5.41) is 5.94. The number of nitrogens with zero attached hydrogens (tertiary/aromatic N) is 2. The number of alkyl halides is 1. The Morgan fingerprint density at radius 2 is 1.69 bits per heavy atom. The molecule has 1 heterocycles. The quantitative estimate of drug-likeness (QED) is 0.550. The van der Waals surface area contributed by atoms with E-state index in [1.54, 1.807) is 24.3 Å². The number of carbonyl (C=O) groups is 1. The lowest BCUT2D eigenvalue weighted by Crippen LogP contribution is -2.52. The molecule has 8 heteroatoms. The van der Waals surface area contributed by atoms with Crippen LogP contribution in [0.5, 0.6) is 11.5 Å². The number of carbonyl (C=O) groups excluding carboxylic acids is 1. The summed E-state index contributed by atoms with van der Waals surface area (Å²) in [5.41, 5.74) is 1.84. The lowest BCUT2D eigenvalue weighted by molar-refractivity contribution is 0.137. The summed E-state index contributed by atoms with van der Waals surface area (Å²) in [6.07, 6.45) is 4.30. The van der Waals surface area contributed by atoms with E-state index in [2.05, 4.69) is 52.5 Å². The van der Waals surface area contributed by atoms with Gasteiger partial charge in [-0.25, -0.2) is 9.18 Å². The minimum absolute atomic E-state index is 0.158. The topological polar surface area (TPSA) is 66.1 Å². The van der Waals surface area contributed by atoms with Gasteiger partial charge in [0.25, 0.3) is 0 Å². The first-order valence-electron chi connectivity index (χ1n) is 12.6. The van der Waals surface area contributed by atoms with Gasteiger partial charge in [-0.05, 0) is 75.9 Å². The zero-order valence-electron chi connectivity index (χ0n) is 20.7. The summed E-state index contributed by atoms with van der Waals surface area (Å²) in [6.45, 7) is 7.33. The van der Waals surface area contributed by atoms with Gasteiger partial charge in [0.15, 0.2) is 0 Å². The summed E-state index contributed by atoms with van der Waals surface area (Å²) >= 11 is 0. The van der Waals surface area contributed by atoms with E-state index in [0.29, 0.717) is 17.5 Å². The van der Waals surface area contributed by atoms with E-state index in [1.165, 1.54) is 5.69 Å². The molecule has 2 N–H and O–H groups in total. The molecule has 0 aromatic heterocycles. The third-order valence-electron chi connectivity index (χ3n) is 6.76. The van der Waals surface area contributed by atoms with Gasteiger partial charge < -0.3 is 25.0 Å². The number of benzene rings is 2. The third kappa shape index (κ3) is 7.01. The molecule has 35 heavy (non-hydrogen) atoms. The SMILES string of the molecule is CC(C)Oc1ccccc1N1CCN([C@H]2CC[C@H](NC(=O)Nc3ccc(OCF)cc3)CC2)CC1. The molecule has 0 unspecified atom stereocenters. The number of halogens is 1. The van der Waals surface area contributed by atoms with Gasteiger partial charge in [0, 0.05) is 44.0 Å². The molecule has 4 rings (SSSR count). The van der Waals surface area contributed by atoms with Gasteiger partial charge in [-0.2, -0.15) is 0 Å². The van der Waals surface area contributed by atoms with Crippen molar-refractivity contribution in [1.82, 2.24) is 10.2 Å². The molecule has 1 aliphatic carbocycles. The summed E-state index contributed by atoms with van der Waals surface area (Å²) in [7, 11) is 0. The molecule has 0 atom stereocenters. The Balaban J connectivity index is 1.20. The van der Waals surface area contributed by atoms with Crippen molar-refractivity contribution in [3.8, 4) is 11.5 Å². The first-order chi connectivity index (χ1) is 17.0. The predicted octanol–water partition coefficient (Wildman–Crippen LogP) is 5.03. The highest BCUT2D eigenvalue weighted by Gasteiger charge is 2.29. The second-order valence-electron chi connectivity index (χ2n) is 9.54. The Bertz CT molecular complexity index is 940. The van der Waals surface area contributed by atoms with Gasteiger partial charge in [-0.3, -0.25) is 4.90 Å². The molecule has 2 amide bonds. The van der Waals surface area contributed by atoms with E-state index >= 15 is 0 Å². The van der Waals surface area contributed by atoms with Crippen molar-refractivity contribution in [3.05, 3.63) is 48.5 Å². The van der Waals surface area contributed by atoms with Crippen molar-refractivity contribution in [3.63, 3.8) is 0 Å². The molecule has 2 aliphatic rings. The Hall–Kier alpha value is -3.00. The number of hydrogen-bond acceptors (Lipinski definition) is 5. The average Bonchev–Trinajstić information content (AvgIpc) is 2.86. The van der Waals surface area contributed by atoms with E-state index in [0.717, 1.165) is 57.6 Å². The summed E-state index contributed by atoms with van der Waals surface area (Å²) < 4.78 is 23.0. The van der Waals surface area contributed by atoms with E-state index < -0.39 is 6.86 Å². The molecule has 0 bridgehead atoms. The summed E-state index contributed by atoms with van der Waals surface area (Å²) in [5.74, 6) is 1.40. The average molecular weight is 485 g/mol. The first kappa shape index (κ1) is 25.1. The number of para-hydroxylation sites is 2. The number of amides is 2. The van der Waals surface area contributed by atoms with Crippen LogP contribution in [0.4, 0.5) is 20.6 Å². The van der Waals surface area contributed by atoms with E-state index in [4.69, 9.17) is 9.47 Å². The van der Waals surface area contributed by atoms with Gasteiger partial charge in [0.1, 0.15) is 11.5 Å². The number of piperazine rings is 1. The Kier molecular flexibility index (Phi) is 8.69. The second-order valence-corrected chi connectivity index (χ2v) is 9.54. The molecule has 1 saturated carbocycles. The van der Waals surface area contributed by atoms with Gasteiger partial charge in [-0.15, -0.1) is 0 Å². The molecule has 2 fully saturated rings. The maximum atomic E-state index is 12.4. The predicted molar refractivity (Wildman–Crippen MR) is 137 cm³/mol. The van der Waals surface area contributed by atoms with E-state index in [9.17, 15) is 9.18 Å². The van der Waals surface area contributed by atoms with Crippen molar-refractivity contribution in [2.45, 2.75) is 57.7 Å². The zero-order chi connectivity index (χ0) is 24.6. The normalized spacial score (nSPS) is 21.0. The van der Waals surface area contributed by atoms with Gasteiger partial charge in [-0.1, -0.05) is 12.1 Å². The van der Waals surface area contributed by atoms with Crippen molar-refractivity contribution in [2.75, 3.05) is 43.3 Å². The molecule has 7 nitrogen and oxygen atoms in total. The van der Waals surface area contributed by atoms with Crippen LogP contribution in [-0.2, 0) is 0 Å². The molecular weight excluding hydrogens is 447 g/mol. The monoisotopic (exact) mass is 484 g/mol. The molecule has 2 aromatic carbocycles. The third-order valence-corrected chi connectivity index (χ3v) is 6.76. The molecule has 190 valence electrons. The maximum absolute atomic E-state index is 12.4. The highest BCUT2D eigenvalue weighted by atomic mass is 19.1. The van der Waals surface area contributed by atoms with Crippen LogP contribution in [-0.4, -0.2) is 62.2 Å². The van der Waals surface area contributed by atoms with Crippen molar-refractivity contribution >= 4 is 17.4 Å². The van der Waals surface area contributed by atoms with Crippen molar-refractivity contribution < 1.29 is 18.7 Å². The van der Waals surface area contributed by atoms with Crippen LogP contribution in [0.2, 0.25) is 0 Å². The minimum Gasteiger partial charge on any atom is -0.489 e. The molecule has 2 aromatic rings. The Labute approximate surface area is 207 Å². The maximum Gasteiger partial charge on any atom is 0.319 e. The largest absolute Gasteiger partial charge is 0.489 e. The number of anilines is 2. The van der Waals surface area contributed by atoms with Crippen LogP contribution in [0.15, 0.2) is 48.5 Å². The molecule has 0 radical (unpaired) electrons. The second kappa shape index (κ2) is 12.1. The number of hydrogen-bond donors (Lipinski definition) is 2. The van der Waals surface area contributed by atoms with Gasteiger partial charge in [0.2, 0.25) is 6.86 Å². The fourth-order valence-corrected chi connectivity index (χ4v) is 5.04. The van der Waals surface area contributed by atoms with Crippen LogP contribution in [0, 0.1) is 0 Å². The van der Waals surface area contributed by atoms with Gasteiger partial charge >= 0.3 is 6.03 Å². The lowest BCUT2D eigenvalue weighted by atomic mass is 9.90. The van der Waals surface area contributed by atoms with Crippen molar-refractivity contribution in [2.24, 2.45) is 0 Å². The number of nitrogens with one attached hydrogen (secondary N) is 2. The smallest absolute Gasteiger partial charge is 0.319 e. The van der Waals surface area contributed by atoms with Gasteiger partial charge in [0.05, 0.1) is 11.8 Å². The van der Waals surface area contributed by atoms with Crippen LogP contribution in [0.3, 0.4) is 0 Å². The van der Waals surface area contributed by atoms with Crippen LogP contribution >= 0.6 is 0 Å². The lowest BCUT2D eigenvalue weighted by Gasteiger charge is -2.43. The molecule has 1 saturated heterocycles. The fourth-order valence-electron chi connectivity index (χ4n) is 5.04. The first-order valence-corrected chi connectivity index (χ1v) is 12.6. The van der Waals surface area contributed by atoms with E-state index in [-0.39, 0.29) is 18.2 Å². The fraction of sp³-hybridized carbons (Fsp3) is 0.519. The number of ether oxygens (including phenoxy) is 2. The minimum atomic E-state index is -0.868. The van der Waals surface area contributed by atoms with Crippen LogP contribution in [0.25, 0.3) is 0 Å². The highest BCUT2D eigenvalue weighted by Crippen LogP contribution is 2.31. The standard InChI is InChI=1S/C27H37FN4O3/c1-20(2)35-26-6-4-3-5-25(26)32-17-15-31(16-18-32)23-11-7-21(8-12-23)29-27(33)30-22-9-13-24(14-10-22)34-19-28/h3-6,9-10,13-14,20-21,23H,7-8,11-12,15-19H2,1-2H3,(H2,29,30,33)/t21-,23-. The molecule has 0 spiro atoms. The Morgan fingerprint density at radius 3 is 2.34 bits per heavy atom. The highest BCUT2D eigenvalue weighted by molar-refractivity contribution is 5.89. The van der Waals surface area contributed by atoms with Crippen molar-refractivity contribution in [1.29, 1.82) is 0 Å². The number of urea groups is 1. The Morgan fingerprint density at radius 1 is 1.00 bits per heavy atom. The number of rotatable bonds is 8. The molecular formula is C27H37FN4O3. The van der Waals surface area contributed by atoms with Crippen LogP contribution < -0.4 is 25.0 Å². The van der Waals surface area contributed by atoms with E-state index in [1.807, 2.05) is 6.07 Å².